The Hall–Kier alpha value is -2.27. The van der Waals surface area contributed by atoms with Gasteiger partial charge in [-0.1, -0.05) is 23.8 Å². The first-order valence-electron chi connectivity index (χ1n) is 8.23. The number of esters is 1. The predicted molar refractivity (Wildman–Crippen MR) is 102 cm³/mol. The molecule has 1 amide bonds. The third-order valence-electron chi connectivity index (χ3n) is 3.79. The lowest BCUT2D eigenvalue weighted by Crippen LogP contribution is -2.23. The van der Waals surface area contributed by atoms with Crippen molar-refractivity contribution in [1.29, 1.82) is 0 Å². The zero-order chi connectivity index (χ0) is 18.4. The van der Waals surface area contributed by atoms with Crippen molar-refractivity contribution in [3.05, 3.63) is 59.2 Å². The maximum Gasteiger partial charge on any atom is 0.338 e. The average molecular weight is 357 g/mol. The summed E-state index contributed by atoms with van der Waals surface area (Å²) in [6.07, 6.45) is 0. The number of hydrogen-bond donors (Lipinski definition) is 1. The van der Waals surface area contributed by atoms with Crippen LogP contribution in [0, 0.1) is 13.8 Å². The molecule has 0 radical (unpaired) electrons. The number of amides is 1. The minimum atomic E-state index is -0.377. The number of aryl methyl sites for hydroxylation is 1. The average Bonchev–Trinajstić information content (AvgIpc) is 2.58. The molecule has 132 valence electrons. The molecule has 0 fully saturated rings. The predicted octanol–water partition coefficient (Wildman–Crippen LogP) is 4.60. The number of rotatable bonds is 6. The molecule has 25 heavy (non-hydrogen) atoms. The van der Waals surface area contributed by atoms with Gasteiger partial charge in [0, 0.05) is 10.6 Å². The number of hydrogen-bond acceptors (Lipinski definition) is 4. The summed E-state index contributed by atoms with van der Waals surface area (Å²) in [5, 5.41) is 2.66. The lowest BCUT2D eigenvalue weighted by atomic mass is 10.1. The highest BCUT2D eigenvalue weighted by Gasteiger charge is 2.18. The second kappa shape index (κ2) is 8.72. The third-order valence-corrected chi connectivity index (χ3v) is 4.90. The molecule has 0 unspecified atom stereocenters. The molecular weight excluding hydrogens is 334 g/mol. The Labute approximate surface area is 153 Å². The van der Waals surface area contributed by atoms with Crippen LogP contribution < -0.4 is 5.32 Å². The summed E-state index contributed by atoms with van der Waals surface area (Å²) in [6.45, 7) is 7.79. The molecule has 2 rings (SSSR count). The molecule has 0 aliphatic carbocycles. The van der Waals surface area contributed by atoms with E-state index in [9.17, 15) is 9.59 Å². The van der Waals surface area contributed by atoms with Crippen molar-refractivity contribution in [2.24, 2.45) is 0 Å². The van der Waals surface area contributed by atoms with Crippen molar-refractivity contribution in [1.82, 2.24) is 0 Å². The van der Waals surface area contributed by atoms with E-state index >= 15 is 0 Å². The van der Waals surface area contributed by atoms with Crippen molar-refractivity contribution in [3.8, 4) is 0 Å². The lowest BCUT2D eigenvalue weighted by molar-refractivity contribution is -0.115. The highest BCUT2D eigenvalue weighted by Crippen LogP contribution is 2.26. The summed E-state index contributed by atoms with van der Waals surface area (Å²) < 4.78 is 5.05. The fourth-order valence-corrected chi connectivity index (χ4v) is 3.18. The van der Waals surface area contributed by atoms with E-state index in [1.54, 1.807) is 32.0 Å². The molecule has 5 heteroatoms. The minimum absolute atomic E-state index is 0.102. The van der Waals surface area contributed by atoms with Gasteiger partial charge in [-0.2, -0.15) is 0 Å². The zero-order valence-electron chi connectivity index (χ0n) is 15.0. The van der Waals surface area contributed by atoms with Crippen LogP contribution in [0.1, 0.15) is 35.3 Å². The van der Waals surface area contributed by atoms with Crippen molar-refractivity contribution in [2.45, 2.75) is 37.8 Å². The molecular formula is C20H23NO3S. The maximum atomic E-state index is 12.5. The Morgan fingerprint density at radius 1 is 1.12 bits per heavy atom. The Bertz CT molecular complexity index is 756. The molecule has 0 saturated carbocycles. The monoisotopic (exact) mass is 357 g/mol. The first-order valence-corrected chi connectivity index (χ1v) is 9.11. The fraction of sp³-hybridized carbons (Fsp3) is 0.300. The van der Waals surface area contributed by atoms with Crippen LogP contribution in [0.2, 0.25) is 0 Å². The van der Waals surface area contributed by atoms with Crippen LogP contribution in [0.4, 0.5) is 5.69 Å². The van der Waals surface area contributed by atoms with E-state index in [0.717, 1.165) is 4.90 Å². The molecule has 0 heterocycles. The quantitative estimate of drug-likeness (QED) is 0.606. The molecule has 4 nitrogen and oxygen atoms in total. The van der Waals surface area contributed by atoms with Crippen molar-refractivity contribution in [3.63, 3.8) is 0 Å². The van der Waals surface area contributed by atoms with Gasteiger partial charge in [0.05, 0.1) is 17.4 Å². The SMILES string of the molecule is CCOC(=O)c1cccc(NC(=O)[C@@H](C)Sc2ccc(C)cc2)c1C. The number of anilines is 1. The van der Waals surface area contributed by atoms with Crippen LogP contribution in [0.15, 0.2) is 47.4 Å². The molecule has 0 bridgehead atoms. The van der Waals surface area contributed by atoms with Gasteiger partial charge in [-0.25, -0.2) is 4.79 Å². The summed E-state index contributed by atoms with van der Waals surface area (Å²) in [6, 6.07) is 13.3. The largest absolute Gasteiger partial charge is 0.462 e. The van der Waals surface area contributed by atoms with Gasteiger partial charge in [-0.15, -0.1) is 11.8 Å². The summed E-state index contributed by atoms with van der Waals surface area (Å²) >= 11 is 1.50. The number of carbonyl (C=O) groups excluding carboxylic acids is 2. The first-order chi connectivity index (χ1) is 11.9. The number of ether oxygens (including phenoxy) is 1. The van der Waals surface area contributed by atoms with Crippen LogP contribution in [0.25, 0.3) is 0 Å². The Morgan fingerprint density at radius 3 is 2.44 bits per heavy atom. The molecule has 0 spiro atoms. The molecule has 0 aliphatic heterocycles. The molecule has 1 atom stereocenters. The van der Waals surface area contributed by atoms with Gasteiger partial charge < -0.3 is 10.1 Å². The fourth-order valence-electron chi connectivity index (χ4n) is 2.31. The number of thioether (sulfide) groups is 1. The molecule has 0 aromatic heterocycles. The standard InChI is InChI=1S/C20H23NO3S/c1-5-24-20(23)17-7-6-8-18(14(17)3)21-19(22)15(4)25-16-11-9-13(2)10-12-16/h6-12,15H,5H2,1-4H3,(H,21,22)/t15-/m1/s1. The zero-order valence-corrected chi connectivity index (χ0v) is 15.8. The first kappa shape index (κ1) is 19.1. The number of nitrogens with one attached hydrogen (secondary N) is 1. The van der Waals surface area contributed by atoms with Gasteiger partial charge in [0.25, 0.3) is 0 Å². The normalized spacial score (nSPS) is 11.7. The highest BCUT2D eigenvalue weighted by molar-refractivity contribution is 8.00. The molecule has 2 aromatic carbocycles. The van der Waals surface area contributed by atoms with Gasteiger partial charge in [-0.05, 0) is 57.5 Å². The van der Waals surface area contributed by atoms with Crippen LogP contribution in [-0.4, -0.2) is 23.7 Å². The van der Waals surface area contributed by atoms with E-state index in [2.05, 4.69) is 5.32 Å². The second-order valence-electron chi connectivity index (χ2n) is 5.76. The van der Waals surface area contributed by atoms with E-state index in [0.29, 0.717) is 23.4 Å². The molecule has 0 aliphatic rings. The highest BCUT2D eigenvalue weighted by atomic mass is 32.2. The molecule has 0 saturated heterocycles. The third kappa shape index (κ3) is 5.10. The lowest BCUT2D eigenvalue weighted by Gasteiger charge is -2.15. The van der Waals surface area contributed by atoms with Crippen LogP contribution in [0.3, 0.4) is 0 Å². The van der Waals surface area contributed by atoms with Gasteiger partial charge in [0.1, 0.15) is 0 Å². The molecule has 1 N–H and O–H groups in total. The summed E-state index contributed by atoms with van der Waals surface area (Å²) in [7, 11) is 0. The van der Waals surface area contributed by atoms with Crippen LogP contribution >= 0.6 is 11.8 Å². The molecule has 2 aromatic rings. The van der Waals surface area contributed by atoms with E-state index in [1.165, 1.54) is 17.3 Å². The number of benzene rings is 2. The Kier molecular flexibility index (Phi) is 6.65. The van der Waals surface area contributed by atoms with Crippen LogP contribution in [-0.2, 0) is 9.53 Å². The van der Waals surface area contributed by atoms with E-state index < -0.39 is 0 Å². The van der Waals surface area contributed by atoms with Crippen molar-refractivity contribution < 1.29 is 14.3 Å². The second-order valence-corrected chi connectivity index (χ2v) is 7.18. The minimum Gasteiger partial charge on any atom is -0.462 e. The summed E-state index contributed by atoms with van der Waals surface area (Å²) in [5.74, 6) is -0.479. The van der Waals surface area contributed by atoms with Gasteiger partial charge in [-0.3, -0.25) is 4.79 Å². The smallest absolute Gasteiger partial charge is 0.338 e. The number of carbonyl (C=O) groups is 2. The van der Waals surface area contributed by atoms with Crippen LogP contribution in [0.5, 0.6) is 0 Å². The summed E-state index contributed by atoms with van der Waals surface area (Å²) in [4.78, 5) is 25.5. The topological polar surface area (TPSA) is 55.4 Å². The maximum absolute atomic E-state index is 12.5. The summed E-state index contributed by atoms with van der Waals surface area (Å²) in [5.41, 5.74) is 3.00. The van der Waals surface area contributed by atoms with Crippen molar-refractivity contribution in [2.75, 3.05) is 11.9 Å². The van der Waals surface area contributed by atoms with E-state index in [1.807, 2.05) is 38.1 Å². The van der Waals surface area contributed by atoms with Gasteiger partial charge in [0.15, 0.2) is 0 Å². The van der Waals surface area contributed by atoms with Gasteiger partial charge >= 0.3 is 5.97 Å². The Morgan fingerprint density at radius 2 is 1.80 bits per heavy atom. The van der Waals surface area contributed by atoms with E-state index in [-0.39, 0.29) is 17.1 Å². The van der Waals surface area contributed by atoms with Crippen molar-refractivity contribution >= 4 is 29.3 Å². The Balaban J connectivity index is 2.08. The van der Waals surface area contributed by atoms with E-state index in [4.69, 9.17) is 4.74 Å². The van der Waals surface area contributed by atoms with Gasteiger partial charge in [0.2, 0.25) is 5.91 Å².